The monoisotopic (exact) mass is 329 g/mol. The second-order valence-electron chi connectivity index (χ2n) is 5.20. The van der Waals surface area contributed by atoms with E-state index in [-0.39, 0.29) is 24.7 Å². The maximum Gasteiger partial charge on any atom is 0.244 e. The molecule has 1 aromatic heterocycles. The second kappa shape index (κ2) is 5.63. The van der Waals surface area contributed by atoms with Crippen molar-refractivity contribution in [1.82, 2.24) is 14.7 Å². The van der Waals surface area contributed by atoms with Crippen LogP contribution in [0.1, 0.15) is 25.2 Å². The molecule has 106 valence electrons. The molecule has 0 N–H and O–H groups in total. The van der Waals surface area contributed by atoms with Gasteiger partial charge in [-0.2, -0.15) is 5.10 Å². The van der Waals surface area contributed by atoms with Gasteiger partial charge >= 0.3 is 0 Å². The minimum atomic E-state index is 0.0971. The molecule has 2 atom stereocenters. The second-order valence-corrected chi connectivity index (χ2v) is 5.99. The topological polar surface area (TPSA) is 47.4 Å². The van der Waals surface area contributed by atoms with Crippen LogP contribution < -0.4 is 0 Å². The van der Waals surface area contributed by atoms with Gasteiger partial charge in [-0.3, -0.25) is 9.48 Å². The summed E-state index contributed by atoms with van der Waals surface area (Å²) in [6.07, 6.45) is 0.194. The fraction of sp³-hybridized carbons (Fsp3) is 0.692. The zero-order valence-electron chi connectivity index (χ0n) is 11.8. The number of ether oxygens (including phenoxy) is 1. The fourth-order valence-electron chi connectivity index (χ4n) is 2.44. The summed E-state index contributed by atoms with van der Waals surface area (Å²) in [4.78, 5) is 14.2. The highest BCUT2D eigenvalue weighted by atomic mass is 79.9. The number of aromatic nitrogens is 2. The SMILES string of the molecule is Cc1nn(CC(=O)N2C[C@@H](C)O[C@H](C)C2)c(C)c1Br. The highest BCUT2D eigenvalue weighted by Gasteiger charge is 2.26. The Balaban J connectivity index is 2.06. The summed E-state index contributed by atoms with van der Waals surface area (Å²) in [6, 6.07) is 0. The van der Waals surface area contributed by atoms with Crippen molar-refractivity contribution < 1.29 is 9.53 Å². The van der Waals surface area contributed by atoms with E-state index < -0.39 is 0 Å². The van der Waals surface area contributed by atoms with Crippen LogP contribution in [0.15, 0.2) is 4.47 Å². The lowest BCUT2D eigenvalue weighted by Gasteiger charge is -2.35. The van der Waals surface area contributed by atoms with Crippen molar-refractivity contribution in [2.45, 2.75) is 46.4 Å². The molecule has 6 heteroatoms. The molecule has 0 bridgehead atoms. The van der Waals surface area contributed by atoms with Crippen LogP contribution in [0.3, 0.4) is 0 Å². The molecule has 1 fully saturated rings. The molecule has 19 heavy (non-hydrogen) atoms. The number of halogens is 1. The average molecular weight is 330 g/mol. The van der Waals surface area contributed by atoms with Gasteiger partial charge in [0, 0.05) is 13.1 Å². The van der Waals surface area contributed by atoms with E-state index in [0.717, 1.165) is 15.9 Å². The number of morpholine rings is 1. The minimum Gasteiger partial charge on any atom is -0.372 e. The molecule has 0 spiro atoms. The normalized spacial score (nSPS) is 23.7. The Bertz CT molecular complexity index is 476. The van der Waals surface area contributed by atoms with Crippen molar-refractivity contribution in [3.63, 3.8) is 0 Å². The van der Waals surface area contributed by atoms with E-state index >= 15 is 0 Å². The summed E-state index contributed by atoms with van der Waals surface area (Å²) in [5.74, 6) is 0.0973. The Kier molecular flexibility index (Phi) is 4.30. The molecule has 1 saturated heterocycles. The molecule has 2 rings (SSSR count). The van der Waals surface area contributed by atoms with Gasteiger partial charge < -0.3 is 9.64 Å². The largest absolute Gasteiger partial charge is 0.372 e. The van der Waals surface area contributed by atoms with E-state index in [4.69, 9.17) is 4.74 Å². The molecule has 0 radical (unpaired) electrons. The van der Waals surface area contributed by atoms with Crippen molar-refractivity contribution in [2.24, 2.45) is 0 Å². The van der Waals surface area contributed by atoms with Crippen molar-refractivity contribution in [2.75, 3.05) is 13.1 Å². The first-order chi connectivity index (χ1) is 8.88. The highest BCUT2D eigenvalue weighted by Crippen LogP contribution is 2.20. The lowest BCUT2D eigenvalue weighted by atomic mass is 10.2. The summed E-state index contributed by atoms with van der Waals surface area (Å²) in [5, 5.41) is 4.37. The molecule has 1 amide bonds. The van der Waals surface area contributed by atoms with Crippen molar-refractivity contribution in [1.29, 1.82) is 0 Å². The van der Waals surface area contributed by atoms with Crippen LogP contribution in [-0.4, -0.2) is 45.9 Å². The van der Waals surface area contributed by atoms with E-state index in [1.54, 1.807) is 4.68 Å². The summed E-state index contributed by atoms with van der Waals surface area (Å²) < 4.78 is 8.37. The van der Waals surface area contributed by atoms with Gasteiger partial charge in [0.1, 0.15) is 6.54 Å². The number of nitrogens with zero attached hydrogens (tertiary/aromatic N) is 3. The quantitative estimate of drug-likeness (QED) is 0.832. The van der Waals surface area contributed by atoms with Gasteiger partial charge in [-0.05, 0) is 43.6 Å². The molecule has 0 aromatic carbocycles. The Labute approximate surface area is 122 Å². The molecule has 1 aromatic rings. The Morgan fingerprint density at radius 2 is 1.95 bits per heavy atom. The van der Waals surface area contributed by atoms with Crippen LogP contribution in [0.4, 0.5) is 0 Å². The predicted octanol–water partition coefficient (Wildman–Crippen LogP) is 1.90. The number of hydrogen-bond donors (Lipinski definition) is 0. The zero-order valence-corrected chi connectivity index (χ0v) is 13.4. The third-order valence-electron chi connectivity index (χ3n) is 3.35. The number of hydrogen-bond acceptors (Lipinski definition) is 3. The lowest BCUT2D eigenvalue weighted by Crippen LogP contribution is -2.49. The Morgan fingerprint density at radius 3 is 2.42 bits per heavy atom. The van der Waals surface area contributed by atoms with Crippen molar-refractivity contribution in [3.8, 4) is 0 Å². The van der Waals surface area contributed by atoms with Gasteiger partial charge in [0.05, 0.1) is 28.1 Å². The average Bonchev–Trinajstić information content (AvgIpc) is 2.56. The summed E-state index contributed by atoms with van der Waals surface area (Å²) in [6.45, 7) is 9.48. The number of rotatable bonds is 2. The Hall–Kier alpha value is -0.880. The van der Waals surface area contributed by atoms with E-state index in [9.17, 15) is 4.79 Å². The van der Waals surface area contributed by atoms with E-state index in [0.29, 0.717) is 13.1 Å². The van der Waals surface area contributed by atoms with Gasteiger partial charge in [0.25, 0.3) is 0 Å². The van der Waals surface area contributed by atoms with Crippen LogP contribution in [0.2, 0.25) is 0 Å². The molecule has 1 aliphatic heterocycles. The molecule has 2 heterocycles. The smallest absolute Gasteiger partial charge is 0.244 e. The van der Waals surface area contributed by atoms with Gasteiger partial charge in [-0.15, -0.1) is 0 Å². The number of carbonyl (C=O) groups excluding carboxylic acids is 1. The predicted molar refractivity (Wildman–Crippen MR) is 76.0 cm³/mol. The first-order valence-electron chi connectivity index (χ1n) is 6.51. The van der Waals surface area contributed by atoms with Gasteiger partial charge in [-0.25, -0.2) is 0 Å². The molecular weight excluding hydrogens is 310 g/mol. The minimum absolute atomic E-state index is 0.0971. The lowest BCUT2D eigenvalue weighted by molar-refractivity contribution is -0.144. The molecule has 5 nitrogen and oxygen atoms in total. The van der Waals surface area contributed by atoms with E-state index in [1.807, 2.05) is 32.6 Å². The van der Waals surface area contributed by atoms with Crippen molar-refractivity contribution in [3.05, 3.63) is 15.9 Å². The van der Waals surface area contributed by atoms with Crippen LogP contribution >= 0.6 is 15.9 Å². The molecule has 0 saturated carbocycles. The summed E-state index contributed by atoms with van der Waals surface area (Å²) in [7, 11) is 0. The van der Waals surface area contributed by atoms with E-state index in [2.05, 4.69) is 21.0 Å². The van der Waals surface area contributed by atoms with E-state index in [1.165, 1.54) is 0 Å². The van der Waals surface area contributed by atoms with Gasteiger partial charge in [0.2, 0.25) is 5.91 Å². The number of amides is 1. The van der Waals surface area contributed by atoms with Crippen LogP contribution in [0, 0.1) is 13.8 Å². The highest BCUT2D eigenvalue weighted by molar-refractivity contribution is 9.10. The number of carbonyl (C=O) groups is 1. The maximum atomic E-state index is 12.3. The maximum absolute atomic E-state index is 12.3. The van der Waals surface area contributed by atoms with Crippen molar-refractivity contribution >= 4 is 21.8 Å². The van der Waals surface area contributed by atoms with Crippen LogP contribution in [0.5, 0.6) is 0 Å². The first kappa shape index (κ1) is 14.5. The fourth-order valence-corrected chi connectivity index (χ4v) is 2.72. The first-order valence-corrected chi connectivity index (χ1v) is 7.30. The van der Waals surface area contributed by atoms with Gasteiger partial charge in [0.15, 0.2) is 0 Å². The zero-order chi connectivity index (χ0) is 14.2. The third-order valence-corrected chi connectivity index (χ3v) is 4.50. The molecule has 0 unspecified atom stereocenters. The third kappa shape index (κ3) is 3.17. The van der Waals surface area contributed by atoms with Crippen LogP contribution in [-0.2, 0) is 16.1 Å². The summed E-state index contributed by atoms with van der Waals surface area (Å²) in [5.41, 5.74) is 1.90. The molecule has 1 aliphatic rings. The standard InChI is InChI=1S/C13H20BrN3O2/c1-8-5-16(6-9(2)19-8)12(18)7-17-11(4)13(14)10(3)15-17/h8-9H,5-7H2,1-4H3/t8-,9-/m1/s1. The molecule has 0 aliphatic carbocycles. The number of aryl methyl sites for hydroxylation is 1. The van der Waals surface area contributed by atoms with Crippen LogP contribution in [0.25, 0.3) is 0 Å². The summed E-state index contributed by atoms with van der Waals surface area (Å²) >= 11 is 3.48. The molecular formula is C13H20BrN3O2. The van der Waals surface area contributed by atoms with Gasteiger partial charge in [-0.1, -0.05) is 0 Å². The Morgan fingerprint density at radius 1 is 1.37 bits per heavy atom.